The van der Waals surface area contributed by atoms with Crippen LogP contribution in [0.5, 0.6) is 5.75 Å². The van der Waals surface area contributed by atoms with E-state index in [0.717, 1.165) is 16.1 Å². The van der Waals surface area contributed by atoms with Gasteiger partial charge >= 0.3 is 0 Å². The second-order valence-electron chi connectivity index (χ2n) is 4.61. The average Bonchev–Trinajstić information content (AvgIpc) is 2.96. The number of phenolic OH excluding ortho intramolecular Hbond substituents is 1. The van der Waals surface area contributed by atoms with E-state index < -0.39 is 0 Å². The first-order chi connectivity index (χ1) is 10.2. The Morgan fingerprint density at radius 2 is 1.71 bits per heavy atom. The zero-order valence-corrected chi connectivity index (χ0v) is 12.2. The molecule has 0 aliphatic heterocycles. The third-order valence-corrected chi connectivity index (χ3v) is 3.81. The molecule has 0 bridgehead atoms. The quantitative estimate of drug-likeness (QED) is 0.744. The summed E-state index contributed by atoms with van der Waals surface area (Å²) in [6.45, 7) is 2.05. The summed E-state index contributed by atoms with van der Waals surface area (Å²) in [6, 6.07) is 15.0. The maximum atomic E-state index is 9.23. The van der Waals surface area contributed by atoms with E-state index in [0.29, 0.717) is 5.13 Å². The highest BCUT2D eigenvalue weighted by Crippen LogP contribution is 2.28. The molecule has 5 heteroatoms. The fourth-order valence-electron chi connectivity index (χ4n) is 1.77. The second-order valence-corrected chi connectivity index (χ2v) is 5.56. The number of nitrogens with zero attached hydrogens (tertiary/aromatic N) is 3. The molecule has 21 heavy (non-hydrogen) atoms. The Morgan fingerprint density at radius 1 is 1.00 bits per heavy atom. The van der Waals surface area contributed by atoms with Gasteiger partial charge in [0.15, 0.2) is 0 Å². The molecule has 0 spiro atoms. The zero-order chi connectivity index (χ0) is 14.7. The van der Waals surface area contributed by atoms with E-state index in [1.54, 1.807) is 30.5 Å². The van der Waals surface area contributed by atoms with Crippen LogP contribution in [0.3, 0.4) is 0 Å². The number of hydrogen-bond donors (Lipinski definition) is 1. The Labute approximate surface area is 126 Å². The predicted octanol–water partition coefficient (Wildman–Crippen LogP) is 3.97. The van der Waals surface area contributed by atoms with Gasteiger partial charge in [-0.15, -0.1) is 10.2 Å². The molecule has 2 aromatic carbocycles. The van der Waals surface area contributed by atoms with Gasteiger partial charge in [0.2, 0.25) is 5.13 Å². The summed E-state index contributed by atoms with van der Waals surface area (Å²) in [5, 5.41) is 18.9. The zero-order valence-electron chi connectivity index (χ0n) is 11.4. The van der Waals surface area contributed by atoms with Crippen molar-refractivity contribution in [2.45, 2.75) is 6.92 Å². The molecule has 1 aromatic heterocycles. The standard InChI is InChI=1S/C16H13N3OS/c1-11-2-6-13(7-3-11)15-18-19-16(21-15)17-10-12-4-8-14(20)9-5-12/h2-10,20H,1H3/b17-10+. The van der Waals surface area contributed by atoms with Gasteiger partial charge in [0, 0.05) is 11.8 Å². The van der Waals surface area contributed by atoms with Crippen molar-refractivity contribution >= 4 is 22.7 Å². The normalized spacial score (nSPS) is 11.1. The number of aliphatic imine (C=N–C) groups is 1. The summed E-state index contributed by atoms with van der Waals surface area (Å²) in [5.74, 6) is 0.240. The molecule has 0 radical (unpaired) electrons. The molecular weight excluding hydrogens is 282 g/mol. The van der Waals surface area contributed by atoms with Gasteiger partial charge < -0.3 is 5.11 Å². The van der Waals surface area contributed by atoms with Gasteiger partial charge in [-0.1, -0.05) is 41.2 Å². The van der Waals surface area contributed by atoms with Crippen molar-refractivity contribution in [3.63, 3.8) is 0 Å². The number of aromatic nitrogens is 2. The van der Waals surface area contributed by atoms with Crippen LogP contribution in [0.25, 0.3) is 10.6 Å². The minimum Gasteiger partial charge on any atom is -0.508 e. The van der Waals surface area contributed by atoms with Gasteiger partial charge in [0.05, 0.1) is 0 Å². The Morgan fingerprint density at radius 3 is 2.43 bits per heavy atom. The Hall–Kier alpha value is -2.53. The van der Waals surface area contributed by atoms with E-state index >= 15 is 0 Å². The number of benzene rings is 2. The number of rotatable bonds is 3. The largest absolute Gasteiger partial charge is 0.508 e. The van der Waals surface area contributed by atoms with E-state index in [2.05, 4.69) is 34.2 Å². The van der Waals surface area contributed by atoms with Crippen LogP contribution in [0.4, 0.5) is 5.13 Å². The predicted molar refractivity (Wildman–Crippen MR) is 85.4 cm³/mol. The van der Waals surface area contributed by atoms with Crippen molar-refractivity contribution < 1.29 is 5.11 Å². The average molecular weight is 295 g/mol. The van der Waals surface area contributed by atoms with Crippen LogP contribution in [0.1, 0.15) is 11.1 Å². The number of aromatic hydroxyl groups is 1. The van der Waals surface area contributed by atoms with Gasteiger partial charge in [0.25, 0.3) is 0 Å². The second kappa shape index (κ2) is 5.85. The van der Waals surface area contributed by atoms with E-state index in [4.69, 9.17) is 0 Å². The minimum absolute atomic E-state index is 0.240. The van der Waals surface area contributed by atoms with Crippen LogP contribution in [0.15, 0.2) is 53.5 Å². The molecule has 0 fully saturated rings. The Kier molecular flexibility index (Phi) is 3.75. The molecule has 0 saturated heterocycles. The van der Waals surface area contributed by atoms with Crippen molar-refractivity contribution in [3.8, 4) is 16.3 Å². The van der Waals surface area contributed by atoms with Crippen molar-refractivity contribution in [3.05, 3.63) is 59.7 Å². The summed E-state index contributed by atoms with van der Waals surface area (Å²) in [5.41, 5.74) is 3.16. The first-order valence-corrected chi connectivity index (χ1v) is 7.26. The smallest absolute Gasteiger partial charge is 0.231 e. The fourth-order valence-corrected chi connectivity index (χ4v) is 2.47. The molecule has 104 valence electrons. The Bertz CT molecular complexity index is 761. The summed E-state index contributed by atoms with van der Waals surface area (Å²) >= 11 is 1.44. The summed E-state index contributed by atoms with van der Waals surface area (Å²) in [7, 11) is 0. The molecule has 0 amide bonds. The molecule has 3 rings (SSSR count). The van der Waals surface area contributed by atoms with Crippen molar-refractivity contribution in [1.29, 1.82) is 0 Å². The lowest BCUT2D eigenvalue weighted by Gasteiger charge is -1.95. The van der Waals surface area contributed by atoms with Crippen LogP contribution in [-0.4, -0.2) is 21.5 Å². The molecule has 1 heterocycles. The number of phenols is 1. The summed E-state index contributed by atoms with van der Waals surface area (Å²) < 4.78 is 0. The third-order valence-electron chi connectivity index (χ3n) is 2.93. The molecule has 0 aliphatic rings. The molecule has 0 atom stereocenters. The van der Waals surface area contributed by atoms with Gasteiger partial charge in [-0.3, -0.25) is 0 Å². The monoisotopic (exact) mass is 295 g/mol. The first-order valence-electron chi connectivity index (χ1n) is 6.44. The summed E-state index contributed by atoms with van der Waals surface area (Å²) in [4.78, 5) is 4.31. The Balaban J connectivity index is 1.78. The van der Waals surface area contributed by atoms with Crippen LogP contribution in [0, 0.1) is 6.92 Å². The topological polar surface area (TPSA) is 58.4 Å². The number of aryl methyl sites for hydroxylation is 1. The lowest BCUT2D eigenvalue weighted by Crippen LogP contribution is -1.78. The molecule has 3 aromatic rings. The molecule has 0 unspecified atom stereocenters. The van der Waals surface area contributed by atoms with Crippen LogP contribution < -0.4 is 0 Å². The lowest BCUT2D eigenvalue weighted by atomic mass is 10.2. The highest BCUT2D eigenvalue weighted by Gasteiger charge is 2.05. The lowest BCUT2D eigenvalue weighted by molar-refractivity contribution is 0.475. The van der Waals surface area contributed by atoms with Crippen LogP contribution >= 0.6 is 11.3 Å². The molecule has 0 saturated carbocycles. The van der Waals surface area contributed by atoms with Crippen molar-refractivity contribution in [1.82, 2.24) is 10.2 Å². The summed E-state index contributed by atoms with van der Waals surface area (Å²) in [6.07, 6.45) is 1.71. The van der Waals surface area contributed by atoms with Crippen LogP contribution in [0.2, 0.25) is 0 Å². The SMILES string of the molecule is Cc1ccc(-c2nnc(/N=C/c3ccc(O)cc3)s2)cc1. The van der Waals surface area contributed by atoms with Crippen molar-refractivity contribution in [2.75, 3.05) is 0 Å². The van der Waals surface area contributed by atoms with Gasteiger partial charge in [0.1, 0.15) is 10.8 Å². The first kappa shape index (κ1) is 13.5. The van der Waals surface area contributed by atoms with E-state index in [1.165, 1.54) is 16.9 Å². The maximum absolute atomic E-state index is 9.23. The third kappa shape index (κ3) is 3.32. The van der Waals surface area contributed by atoms with Gasteiger partial charge in [-0.05, 0) is 36.8 Å². The van der Waals surface area contributed by atoms with Gasteiger partial charge in [-0.25, -0.2) is 4.99 Å². The molecule has 0 aliphatic carbocycles. The molecular formula is C16H13N3OS. The molecule has 4 nitrogen and oxygen atoms in total. The van der Waals surface area contributed by atoms with Crippen LogP contribution in [-0.2, 0) is 0 Å². The maximum Gasteiger partial charge on any atom is 0.231 e. The number of hydrogen-bond acceptors (Lipinski definition) is 5. The highest BCUT2D eigenvalue weighted by molar-refractivity contribution is 7.18. The minimum atomic E-state index is 0.240. The molecule has 1 N–H and O–H groups in total. The van der Waals surface area contributed by atoms with E-state index in [1.807, 2.05) is 12.1 Å². The fraction of sp³-hybridized carbons (Fsp3) is 0.0625. The van der Waals surface area contributed by atoms with Crippen molar-refractivity contribution in [2.24, 2.45) is 4.99 Å². The van der Waals surface area contributed by atoms with E-state index in [-0.39, 0.29) is 5.75 Å². The van der Waals surface area contributed by atoms with Gasteiger partial charge in [-0.2, -0.15) is 0 Å². The highest BCUT2D eigenvalue weighted by atomic mass is 32.1. The van der Waals surface area contributed by atoms with E-state index in [9.17, 15) is 5.11 Å².